The van der Waals surface area contributed by atoms with Gasteiger partial charge in [0.1, 0.15) is 4.90 Å². The van der Waals surface area contributed by atoms with Crippen molar-refractivity contribution in [1.82, 2.24) is 14.9 Å². The fourth-order valence-electron chi connectivity index (χ4n) is 1.40. The zero-order valence-electron chi connectivity index (χ0n) is 9.41. The van der Waals surface area contributed by atoms with Crippen molar-refractivity contribution in [2.24, 2.45) is 0 Å². The van der Waals surface area contributed by atoms with Gasteiger partial charge in [0.05, 0.1) is 5.69 Å². The molecule has 7 nitrogen and oxygen atoms in total. The first-order chi connectivity index (χ1) is 8.59. The minimum absolute atomic E-state index is 0.0677. The highest BCUT2D eigenvalue weighted by Crippen LogP contribution is 2.16. The van der Waals surface area contributed by atoms with E-state index in [4.69, 9.17) is 5.73 Å². The number of nitrogens with two attached hydrogens (primary N) is 1. The van der Waals surface area contributed by atoms with E-state index in [1.165, 1.54) is 18.5 Å². The maximum Gasteiger partial charge on any atom is 0.242 e. The lowest BCUT2D eigenvalue weighted by Crippen LogP contribution is -2.26. The average Bonchev–Trinajstić information content (AvgIpc) is 2.82. The van der Waals surface area contributed by atoms with Crippen molar-refractivity contribution in [2.45, 2.75) is 11.3 Å². The summed E-state index contributed by atoms with van der Waals surface area (Å²) in [5.41, 5.74) is 5.83. The van der Waals surface area contributed by atoms with E-state index in [9.17, 15) is 8.42 Å². The largest absolute Gasteiger partial charge is 0.398 e. The lowest BCUT2D eigenvalue weighted by Gasteiger charge is -2.07. The van der Waals surface area contributed by atoms with E-state index in [1.807, 2.05) is 0 Å². The number of para-hydroxylation sites is 1. The second kappa shape index (κ2) is 5.15. The monoisotopic (exact) mass is 268 g/mol. The predicted molar refractivity (Wildman–Crippen MR) is 64.0 cm³/mol. The highest BCUT2D eigenvalue weighted by Gasteiger charge is 2.16. The van der Waals surface area contributed by atoms with Crippen molar-refractivity contribution in [3.05, 3.63) is 36.5 Å². The number of sulfonamides is 1. The number of benzene rings is 1. The summed E-state index contributed by atoms with van der Waals surface area (Å²) in [6, 6.07) is 6.28. The van der Waals surface area contributed by atoms with Gasteiger partial charge in [-0.3, -0.25) is 0 Å². The Balaban J connectivity index is 2.02. The van der Waals surface area contributed by atoms with Crippen LogP contribution < -0.4 is 10.5 Å². The molecule has 0 atom stereocenters. The standard InChI is InChI=1S/C10H12N4O3S/c11-8-3-1-2-4-9(8)18(15,16)13-6-5-10-12-7-17-14-10/h1-4,7,13H,5-6,11H2. The van der Waals surface area contributed by atoms with Gasteiger partial charge in [-0.1, -0.05) is 17.3 Å². The third kappa shape index (κ3) is 2.84. The lowest BCUT2D eigenvalue weighted by molar-refractivity contribution is 0.410. The number of nitrogen functional groups attached to an aromatic ring is 1. The van der Waals surface area contributed by atoms with Gasteiger partial charge in [0.2, 0.25) is 16.4 Å². The second-order valence-electron chi connectivity index (χ2n) is 3.53. The minimum Gasteiger partial charge on any atom is -0.398 e. The van der Waals surface area contributed by atoms with Crippen LogP contribution in [0, 0.1) is 0 Å². The van der Waals surface area contributed by atoms with Crippen LogP contribution in [0.4, 0.5) is 5.69 Å². The summed E-state index contributed by atoms with van der Waals surface area (Å²) < 4.78 is 30.8. The number of anilines is 1. The summed E-state index contributed by atoms with van der Waals surface area (Å²) in [6.45, 7) is 0.177. The molecule has 0 amide bonds. The number of aromatic nitrogens is 2. The zero-order valence-corrected chi connectivity index (χ0v) is 10.2. The van der Waals surface area contributed by atoms with Crippen LogP contribution >= 0.6 is 0 Å². The molecule has 1 aromatic carbocycles. The van der Waals surface area contributed by atoms with Crippen molar-refractivity contribution >= 4 is 15.7 Å². The molecule has 8 heteroatoms. The summed E-state index contributed by atoms with van der Waals surface area (Å²) in [7, 11) is -3.61. The first-order valence-electron chi connectivity index (χ1n) is 5.19. The number of nitrogens with zero attached hydrogens (tertiary/aromatic N) is 2. The van der Waals surface area contributed by atoms with Gasteiger partial charge in [-0.05, 0) is 12.1 Å². The smallest absolute Gasteiger partial charge is 0.242 e. The normalized spacial score (nSPS) is 11.6. The molecule has 1 heterocycles. The van der Waals surface area contributed by atoms with Crippen LogP contribution in [0.15, 0.2) is 40.1 Å². The molecule has 0 fully saturated rings. The van der Waals surface area contributed by atoms with Gasteiger partial charge in [0, 0.05) is 13.0 Å². The van der Waals surface area contributed by atoms with E-state index in [2.05, 4.69) is 19.4 Å². The van der Waals surface area contributed by atoms with E-state index in [-0.39, 0.29) is 17.1 Å². The molecule has 2 aromatic rings. The first-order valence-corrected chi connectivity index (χ1v) is 6.67. The van der Waals surface area contributed by atoms with E-state index in [1.54, 1.807) is 12.1 Å². The third-order valence-electron chi connectivity index (χ3n) is 2.26. The molecule has 3 N–H and O–H groups in total. The molecule has 0 spiro atoms. The van der Waals surface area contributed by atoms with E-state index < -0.39 is 10.0 Å². The summed E-state index contributed by atoms with van der Waals surface area (Å²) in [4.78, 5) is 3.86. The van der Waals surface area contributed by atoms with Crippen molar-refractivity contribution < 1.29 is 12.9 Å². The van der Waals surface area contributed by atoms with Gasteiger partial charge < -0.3 is 10.3 Å². The zero-order chi connectivity index (χ0) is 13.0. The Hall–Kier alpha value is -1.93. The van der Waals surface area contributed by atoms with E-state index in [0.29, 0.717) is 12.2 Å². The average molecular weight is 268 g/mol. The van der Waals surface area contributed by atoms with Gasteiger partial charge in [-0.25, -0.2) is 13.1 Å². The molecule has 0 bridgehead atoms. The third-order valence-corrected chi connectivity index (χ3v) is 3.79. The molecule has 0 saturated carbocycles. The summed E-state index contributed by atoms with van der Waals surface area (Å²) in [5, 5.41) is 3.58. The Kier molecular flexibility index (Phi) is 3.58. The molecular weight excluding hydrogens is 256 g/mol. The fraction of sp³-hybridized carbons (Fsp3) is 0.200. The van der Waals surface area contributed by atoms with Crippen LogP contribution in [-0.2, 0) is 16.4 Å². The van der Waals surface area contributed by atoms with Gasteiger partial charge >= 0.3 is 0 Å². The fourth-order valence-corrected chi connectivity index (χ4v) is 2.57. The molecule has 0 unspecified atom stereocenters. The Labute approximate surface area is 104 Å². The lowest BCUT2D eigenvalue weighted by atomic mass is 10.3. The summed E-state index contributed by atoms with van der Waals surface area (Å²) >= 11 is 0. The molecule has 1 aromatic heterocycles. The number of rotatable bonds is 5. The molecular formula is C10H12N4O3S. The number of hydrogen-bond acceptors (Lipinski definition) is 6. The SMILES string of the molecule is Nc1ccccc1S(=O)(=O)NCCc1ncon1. The molecule has 0 aliphatic heterocycles. The van der Waals surface area contributed by atoms with Crippen LogP contribution in [0.3, 0.4) is 0 Å². The van der Waals surface area contributed by atoms with Crippen LogP contribution in [0.5, 0.6) is 0 Å². The number of hydrogen-bond donors (Lipinski definition) is 2. The maximum absolute atomic E-state index is 11.9. The molecule has 0 radical (unpaired) electrons. The Morgan fingerprint density at radius 3 is 2.78 bits per heavy atom. The maximum atomic E-state index is 11.9. The van der Waals surface area contributed by atoms with Gasteiger partial charge in [0.15, 0.2) is 5.82 Å². The Morgan fingerprint density at radius 2 is 2.11 bits per heavy atom. The predicted octanol–water partition coefficient (Wildman–Crippen LogP) is 0.173. The molecule has 0 saturated heterocycles. The van der Waals surface area contributed by atoms with E-state index in [0.717, 1.165) is 0 Å². The first kappa shape index (κ1) is 12.5. The molecule has 18 heavy (non-hydrogen) atoms. The second-order valence-corrected chi connectivity index (χ2v) is 5.27. The van der Waals surface area contributed by atoms with Crippen LogP contribution in [0.2, 0.25) is 0 Å². The van der Waals surface area contributed by atoms with Crippen molar-refractivity contribution in [2.75, 3.05) is 12.3 Å². The molecule has 2 rings (SSSR count). The highest BCUT2D eigenvalue weighted by molar-refractivity contribution is 7.89. The van der Waals surface area contributed by atoms with Crippen molar-refractivity contribution in [3.8, 4) is 0 Å². The van der Waals surface area contributed by atoms with Crippen LogP contribution in [0.1, 0.15) is 5.82 Å². The number of nitrogens with one attached hydrogen (secondary N) is 1. The van der Waals surface area contributed by atoms with Crippen molar-refractivity contribution in [3.63, 3.8) is 0 Å². The quantitative estimate of drug-likeness (QED) is 0.748. The Morgan fingerprint density at radius 1 is 1.33 bits per heavy atom. The van der Waals surface area contributed by atoms with Gasteiger partial charge in [-0.2, -0.15) is 4.98 Å². The summed E-state index contributed by atoms with van der Waals surface area (Å²) in [6.07, 6.45) is 1.54. The van der Waals surface area contributed by atoms with E-state index >= 15 is 0 Å². The molecule has 96 valence electrons. The highest BCUT2D eigenvalue weighted by atomic mass is 32.2. The van der Waals surface area contributed by atoms with Crippen LogP contribution in [-0.4, -0.2) is 25.1 Å². The topological polar surface area (TPSA) is 111 Å². The minimum atomic E-state index is -3.61. The summed E-state index contributed by atoms with van der Waals surface area (Å²) in [5.74, 6) is 0.443. The van der Waals surface area contributed by atoms with Gasteiger partial charge in [-0.15, -0.1) is 0 Å². The Bertz CT molecular complexity index is 610. The molecule has 0 aliphatic rings. The van der Waals surface area contributed by atoms with Gasteiger partial charge in [0.25, 0.3) is 0 Å². The van der Waals surface area contributed by atoms with Crippen molar-refractivity contribution in [1.29, 1.82) is 0 Å². The van der Waals surface area contributed by atoms with Crippen LogP contribution in [0.25, 0.3) is 0 Å². The molecule has 0 aliphatic carbocycles.